The Morgan fingerprint density at radius 2 is 1.30 bits per heavy atom. The maximum Gasteiger partial charge on any atom is -0.0300 e. The van der Waals surface area contributed by atoms with E-state index in [0.717, 1.165) is 17.8 Å². The van der Waals surface area contributed by atoms with Crippen LogP contribution < -0.4 is 0 Å². The van der Waals surface area contributed by atoms with Gasteiger partial charge >= 0.3 is 0 Å². The Bertz CT molecular complexity index is 210. The second kappa shape index (κ2) is 10.7. The van der Waals surface area contributed by atoms with Crippen LogP contribution in [0.25, 0.3) is 0 Å². The first-order valence-corrected chi connectivity index (χ1v) is 9.39. The van der Waals surface area contributed by atoms with Crippen molar-refractivity contribution in [2.45, 2.75) is 106 Å². The third kappa shape index (κ3) is 7.70. The van der Waals surface area contributed by atoms with Crippen molar-refractivity contribution in [1.29, 1.82) is 0 Å². The summed E-state index contributed by atoms with van der Waals surface area (Å²) in [6, 6.07) is 0. The van der Waals surface area contributed by atoms with Gasteiger partial charge in [0.05, 0.1) is 0 Å². The van der Waals surface area contributed by atoms with E-state index in [4.69, 9.17) is 0 Å². The lowest BCUT2D eigenvalue weighted by atomic mass is 9.69. The van der Waals surface area contributed by atoms with Crippen LogP contribution in [0.4, 0.5) is 0 Å². The van der Waals surface area contributed by atoms with Gasteiger partial charge in [0, 0.05) is 0 Å². The van der Waals surface area contributed by atoms with E-state index >= 15 is 0 Å². The molecule has 0 bridgehead atoms. The molecule has 0 amide bonds. The molecule has 0 N–H and O–H groups in total. The van der Waals surface area contributed by atoms with Gasteiger partial charge in [0.15, 0.2) is 0 Å². The van der Waals surface area contributed by atoms with Gasteiger partial charge in [-0.25, -0.2) is 0 Å². The van der Waals surface area contributed by atoms with E-state index in [1.54, 1.807) is 0 Å². The molecule has 0 aromatic rings. The zero-order valence-electron chi connectivity index (χ0n) is 15.6. The quantitative estimate of drug-likeness (QED) is 0.348. The molecule has 0 rings (SSSR count). The van der Waals surface area contributed by atoms with Gasteiger partial charge in [0.2, 0.25) is 0 Å². The molecule has 2 unspecified atom stereocenters. The van der Waals surface area contributed by atoms with Crippen LogP contribution in [-0.2, 0) is 0 Å². The minimum Gasteiger partial charge on any atom is -0.0654 e. The van der Waals surface area contributed by atoms with Gasteiger partial charge in [0.1, 0.15) is 0 Å². The molecule has 2 atom stereocenters. The van der Waals surface area contributed by atoms with Crippen molar-refractivity contribution < 1.29 is 0 Å². The molecule has 0 aliphatic rings. The Balaban J connectivity index is 4.41. The summed E-state index contributed by atoms with van der Waals surface area (Å²) in [5, 5.41) is 0. The van der Waals surface area contributed by atoms with Crippen molar-refractivity contribution in [3.05, 3.63) is 0 Å². The highest BCUT2D eigenvalue weighted by Gasteiger charge is 2.29. The van der Waals surface area contributed by atoms with E-state index in [-0.39, 0.29) is 0 Å². The summed E-state index contributed by atoms with van der Waals surface area (Å²) < 4.78 is 0. The van der Waals surface area contributed by atoms with E-state index < -0.39 is 0 Å². The molecular weight excluding hydrogens is 240 g/mol. The molecule has 0 saturated heterocycles. The fourth-order valence-electron chi connectivity index (χ4n) is 4.05. The van der Waals surface area contributed by atoms with E-state index in [1.165, 1.54) is 57.8 Å². The molecule has 0 heterocycles. The summed E-state index contributed by atoms with van der Waals surface area (Å²) in [6.45, 7) is 16.9. The smallest absolute Gasteiger partial charge is 0.0300 e. The van der Waals surface area contributed by atoms with Gasteiger partial charge in [-0.1, -0.05) is 80.6 Å². The van der Waals surface area contributed by atoms with E-state index in [1.807, 2.05) is 0 Å². The molecule has 0 spiro atoms. The Hall–Kier alpha value is 0. The maximum atomic E-state index is 2.54. The monoisotopic (exact) mass is 282 g/mol. The molecule has 0 aromatic heterocycles. The van der Waals surface area contributed by atoms with Crippen molar-refractivity contribution in [2.24, 2.45) is 23.2 Å². The standard InChI is InChI=1S/C20H42/c1-8-11-19(16-17(4)5)13-12-18(6)20(7,14-9-2)15-10-3/h17-19H,8-16H2,1-7H3. The minimum absolute atomic E-state index is 0.581. The first-order valence-electron chi connectivity index (χ1n) is 9.39. The van der Waals surface area contributed by atoms with Crippen LogP contribution in [0.15, 0.2) is 0 Å². The van der Waals surface area contributed by atoms with Crippen LogP contribution >= 0.6 is 0 Å². The van der Waals surface area contributed by atoms with Crippen LogP contribution in [0.3, 0.4) is 0 Å². The molecule has 0 saturated carbocycles. The molecular formula is C20H42. The number of hydrogen-bond acceptors (Lipinski definition) is 0. The average Bonchev–Trinajstić information content (AvgIpc) is 2.35. The van der Waals surface area contributed by atoms with Crippen molar-refractivity contribution in [3.8, 4) is 0 Å². The lowest BCUT2D eigenvalue weighted by Gasteiger charge is -2.36. The summed E-state index contributed by atoms with van der Waals surface area (Å²) in [6.07, 6.45) is 12.6. The van der Waals surface area contributed by atoms with E-state index in [9.17, 15) is 0 Å². The second-order valence-electron chi connectivity index (χ2n) is 7.92. The largest absolute Gasteiger partial charge is 0.0654 e. The lowest BCUT2D eigenvalue weighted by molar-refractivity contribution is 0.143. The minimum atomic E-state index is 0.581. The number of rotatable bonds is 12. The Labute approximate surface area is 130 Å². The molecule has 0 nitrogen and oxygen atoms in total. The van der Waals surface area contributed by atoms with Crippen molar-refractivity contribution in [2.75, 3.05) is 0 Å². The predicted octanol–water partition coefficient (Wildman–Crippen LogP) is 7.47. The molecule has 0 aliphatic carbocycles. The van der Waals surface area contributed by atoms with Crippen molar-refractivity contribution in [1.82, 2.24) is 0 Å². The first kappa shape index (κ1) is 20.0. The van der Waals surface area contributed by atoms with Gasteiger partial charge in [-0.05, 0) is 48.9 Å². The molecule has 20 heavy (non-hydrogen) atoms. The lowest BCUT2D eigenvalue weighted by Crippen LogP contribution is -2.26. The van der Waals surface area contributed by atoms with Gasteiger partial charge in [0.25, 0.3) is 0 Å². The van der Waals surface area contributed by atoms with Crippen LogP contribution in [0.2, 0.25) is 0 Å². The Kier molecular flexibility index (Phi) is 10.7. The predicted molar refractivity (Wildman–Crippen MR) is 94.2 cm³/mol. The maximum absolute atomic E-state index is 2.54. The summed E-state index contributed by atoms with van der Waals surface area (Å²) >= 11 is 0. The molecule has 0 heteroatoms. The topological polar surface area (TPSA) is 0 Å². The summed E-state index contributed by atoms with van der Waals surface area (Å²) in [4.78, 5) is 0. The molecule has 0 aliphatic heterocycles. The molecule has 122 valence electrons. The molecule has 0 aromatic carbocycles. The Morgan fingerprint density at radius 1 is 0.750 bits per heavy atom. The third-order valence-corrected chi connectivity index (χ3v) is 5.34. The molecule has 0 fully saturated rings. The highest BCUT2D eigenvalue weighted by atomic mass is 14.3. The van der Waals surface area contributed by atoms with E-state index in [0.29, 0.717) is 5.41 Å². The van der Waals surface area contributed by atoms with Crippen LogP contribution in [-0.4, -0.2) is 0 Å². The third-order valence-electron chi connectivity index (χ3n) is 5.34. The second-order valence-corrected chi connectivity index (χ2v) is 7.92. The summed E-state index contributed by atoms with van der Waals surface area (Å²) in [7, 11) is 0. The first-order chi connectivity index (χ1) is 9.39. The van der Waals surface area contributed by atoms with Gasteiger partial charge in [-0.2, -0.15) is 0 Å². The van der Waals surface area contributed by atoms with Gasteiger partial charge in [-0.3, -0.25) is 0 Å². The summed E-state index contributed by atoms with van der Waals surface area (Å²) in [5.41, 5.74) is 0.581. The zero-order valence-corrected chi connectivity index (χ0v) is 15.6. The SMILES string of the molecule is CCCC(CCC(C)C(C)(CCC)CCC)CC(C)C. The van der Waals surface area contributed by atoms with Crippen molar-refractivity contribution in [3.63, 3.8) is 0 Å². The van der Waals surface area contributed by atoms with Crippen LogP contribution in [0.5, 0.6) is 0 Å². The fraction of sp³-hybridized carbons (Fsp3) is 1.00. The molecule has 0 radical (unpaired) electrons. The van der Waals surface area contributed by atoms with Gasteiger partial charge < -0.3 is 0 Å². The van der Waals surface area contributed by atoms with Crippen LogP contribution in [0, 0.1) is 23.2 Å². The fourth-order valence-corrected chi connectivity index (χ4v) is 4.05. The summed E-state index contributed by atoms with van der Waals surface area (Å²) in [5.74, 6) is 2.71. The highest BCUT2D eigenvalue weighted by molar-refractivity contribution is 4.80. The highest BCUT2D eigenvalue weighted by Crippen LogP contribution is 2.40. The van der Waals surface area contributed by atoms with Gasteiger partial charge in [-0.15, -0.1) is 0 Å². The Morgan fingerprint density at radius 3 is 1.70 bits per heavy atom. The van der Waals surface area contributed by atoms with Crippen LogP contribution in [0.1, 0.15) is 106 Å². The van der Waals surface area contributed by atoms with E-state index in [2.05, 4.69) is 48.5 Å². The number of hydrogen-bond donors (Lipinski definition) is 0. The van der Waals surface area contributed by atoms with Crippen molar-refractivity contribution >= 4 is 0 Å². The normalized spacial score (nSPS) is 15.6. The average molecular weight is 283 g/mol. The zero-order chi connectivity index (χ0) is 15.6.